The highest BCUT2D eigenvalue weighted by molar-refractivity contribution is 7.19. The van der Waals surface area contributed by atoms with Gasteiger partial charge in [-0.05, 0) is 36.7 Å². The van der Waals surface area contributed by atoms with Gasteiger partial charge in [-0.3, -0.25) is 4.98 Å². The molecule has 1 atom stereocenters. The molecule has 2 heterocycles. The first kappa shape index (κ1) is 13.9. The van der Waals surface area contributed by atoms with Gasteiger partial charge in [-0.1, -0.05) is 0 Å². The van der Waals surface area contributed by atoms with Gasteiger partial charge in [0.05, 0.1) is 13.2 Å². The summed E-state index contributed by atoms with van der Waals surface area (Å²) in [6, 6.07) is 6.63. The minimum Gasteiger partial charge on any atom is -0.480 e. The van der Waals surface area contributed by atoms with Crippen molar-refractivity contribution in [2.45, 2.75) is 6.04 Å². The minimum atomic E-state index is -0.232. The molecular weight excluding hydrogens is 289 g/mol. The van der Waals surface area contributed by atoms with Crippen molar-refractivity contribution in [3.05, 3.63) is 53.0 Å². The molecule has 6 heteroatoms. The Hall–Kier alpha value is -2.05. The molecule has 0 saturated carbocycles. The fourth-order valence-corrected chi connectivity index (χ4v) is 3.44. The van der Waals surface area contributed by atoms with Crippen LogP contribution < -0.4 is 10.1 Å². The van der Waals surface area contributed by atoms with Gasteiger partial charge in [0.25, 0.3) is 0 Å². The maximum absolute atomic E-state index is 13.3. The lowest BCUT2D eigenvalue weighted by atomic mass is 10.1. The van der Waals surface area contributed by atoms with E-state index >= 15 is 0 Å². The smallest absolute Gasteiger partial charge is 0.237 e. The zero-order chi connectivity index (χ0) is 14.8. The number of benzene rings is 1. The second-order valence-corrected chi connectivity index (χ2v) is 5.62. The van der Waals surface area contributed by atoms with E-state index in [0.29, 0.717) is 5.88 Å². The number of aromatic nitrogens is 2. The number of nitrogens with zero attached hydrogens (tertiary/aromatic N) is 2. The molecule has 4 nitrogen and oxygen atoms in total. The van der Waals surface area contributed by atoms with Crippen LogP contribution in [0, 0.1) is 5.82 Å². The van der Waals surface area contributed by atoms with Crippen molar-refractivity contribution in [2.24, 2.45) is 0 Å². The summed E-state index contributed by atoms with van der Waals surface area (Å²) in [4.78, 5) is 9.59. The van der Waals surface area contributed by atoms with Crippen LogP contribution in [0.5, 0.6) is 5.88 Å². The van der Waals surface area contributed by atoms with Crippen LogP contribution in [0.25, 0.3) is 10.1 Å². The first-order chi connectivity index (χ1) is 10.2. The molecule has 1 unspecified atom stereocenters. The maximum Gasteiger partial charge on any atom is 0.237 e. The second kappa shape index (κ2) is 5.75. The Kier molecular flexibility index (Phi) is 3.81. The van der Waals surface area contributed by atoms with E-state index in [4.69, 9.17) is 4.74 Å². The molecule has 0 spiro atoms. The Balaban J connectivity index is 2.09. The largest absolute Gasteiger partial charge is 0.480 e. The standard InChI is InChI=1S/C15H14FN3OS/c1-17-13(14-15(20-2)19-6-5-18-14)12-8-9-7-10(16)3-4-11(9)21-12/h3-8,13,17H,1-2H3. The molecule has 0 aliphatic carbocycles. The predicted octanol–water partition coefficient (Wildman–Crippen LogP) is 3.15. The molecule has 0 fully saturated rings. The molecular formula is C15H14FN3OS. The highest BCUT2D eigenvalue weighted by Gasteiger charge is 2.21. The third-order valence-electron chi connectivity index (χ3n) is 3.23. The Labute approximate surface area is 125 Å². The number of hydrogen-bond donors (Lipinski definition) is 1. The summed E-state index contributed by atoms with van der Waals surface area (Å²) in [7, 11) is 3.42. The molecule has 108 valence electrons. The monoisotopic (exact) mass is 303 g/mol. The average molecular weight is 303 g/mol. The van der Waals surface area contributed by atoms with E-state index in [1.165, 1.54) is 12.1 Å². The highest BCUT2D eigenvalue weighted by atomic mass is 32.1. The van der Waals surface area contributed by atoms with E-state index in [1.807, 2.05) is 13.1 Å². The topological polar surface area (TPSA) is 47.0 Å². The summed E-state index contributed by atoms with van der Waals surface area (Å²) in [5.74, 6) is 0.255. The van der Waals surface area contributed by atoms with Crippen LogP contribution in [-0.2, 0) is 0 Å². The van der Waals surface area contributed by atoms with Crippen molar-refractivity contribution in [2.75, 3.05) is 14.2 Å². The van der Waals surface area contributed by atoms with E-state index in [1.54, 1.807) is 36.9 Å². The van der Waals surface area contributed by atoms with Crippen LogP contribution in [0.3, 0.4) is 0 Å². The number of methoxy groups -OCH3 is 1. The second-order valence-electron chi connectivity index (χ2n) is 4.50. The van der Waals surface area contributed by atoms with Crippen LogP contribution in [0.2, 0.25) is 0 Å². The Morgan fingerprint density at radius 1 is 1.24 bits per heavy atom. The number of halogens is 1. The Bertz CT molecular complexity index is 774. The molecule has 0 radical (unpaired) electrons. The third-order valence-corrected chi connectivity index (χ3v) is 4.41. The van der Waals surface area contributed by atoms with Crippen molar-refractivity contribution in [3.63, 3.8) is 0 Å². The third kappa shape index (κ3) is 2.59. The quantitative estimate of drug-likeness (QED) is 0.804. The van der Waals surface area contributed by atoms with Crippen LogP contribution in [-0.4, -0.2) is 24.1 Å². The molecule has 3 aromatic rings. The normalized spacial score (nSPS) is 12.5. The summed E-state index contributed by atoms with van der Waals surface area (Å²) in [6.07, 6.45) is 3.23. The van der Waals surface area contributed by atoms with Gasteiger partial charge in [-0.25, -0.2) is 9.37 Å². The van der Waals surface area contributed by atoms with Gasteiger partial charge in [0.2, 0.25) is 5.88 Å². The molecule has 0 aliphatic heterocycles. The van der Waals surface area contributed by atoms with Crippen molar-refractivity contribution >= 4 is 21.4 Å². The van der Waals surface area contributed by atoms with Gasteiger partial charge < -0.3 is 10.1 Å². The van der Waals surface area contributed by atoms with Crippen LogP contribution >= 0.6 is 11.3 Å². The van der Waals surface area contributed by atoms with Crippen molar-refractivity contribution in [3.8, 4) is 5.88 Å². The molecule has 0 aliphatic rings. The first-order valence-electron chi connectivity index (χ1n) is 6.44. The SMILES string of the molecule is CNC(c1cc2cc(F)ccc2s1)c1nccnc1OC. The number of hydrogen-bond acceptors (Lipinski definition) is 5. The molecule has 21 heavy (non-hydrogen) atoms. The first-order valence-corrected chi connectivity index (χ1v) is 7.25. The molecule has 1 aromatic carbocycles. The maximum atomic E-state index is 13.3. The van der Waals surface area contributed by atoms with Gasteiger partial charge in [0, 0.05) is 22.0 Å². The summed E-state index contributed by atoms with van der Waals surface area (Å²) >= 11 is 1.60. The zero-order valence-electron chi connectivity index (χ0n) is 11.6. The number of thiophene rings is 1. The molecule has 3 rings (SSSR count). The van der Waals surface area contributed by atoms with E-state index in [-0.39, 0.29) is 11.9 Å². The van der Waals surface area contributed by atoms with E-state index in [0.717, 1.165) is 20.7 Å². The van der Waals surface area contributed by atoms with Crippen molar-refractivity contribution in [1.29, 1.82) is 0 Å². The lowest BCUT2D eigenvalue weighted by Crippen LogP contribution is -2.19. The van der Waals surface area contributed by atoms with Gasteiger partial charge in [0.1, 0.15) is 11.5 Å². The summed E-state index contributed by atoms with van der Waals surface area (Å²) in [5.41, 5.74) is 0.717. The Morgan fingerprint density at radius 2 is 2.05 bits per heavy atom. The summed E-state index contributed by atoms with van der Waals surface area (Å²) in [6.45, 7) is 0. The van der Waals surface area contributed by atoms with Crippen LogP contribution in [0.4, 0.5) is 4.39 Å². The molecule has 0 saturated heterocycles. The number of rotatable bonds is 4. The molecule has 1 N–H and O–H groups in total. The van der Waals surface area contributed by atoms with Gasteiger partial charge >= 0.3 is 0 Å². The molecule has 2 aromatic heterocycles. The fourth-order valence-electron chi connectivity index (χ4n) is 2.28. The fraction of sp³-hybridized carbons (Fsp3) is 0.200. The number of fused-ring (bicyclic) bond motifs is 1. The van der Waals surface area contributed by atoms with Crippen LogP contribution in [0.1, 0.15) is 16.6 Å². The number of nitrogens with one attached hydrogen (secondary N) is 1. The summed E-state index contributed by atoms with van der Waals surface area (Å²) in [5, 5.41) is 4.11. The minimum absolute atomic E-state index is 0.144. The predicted molar refractivity (Wildman–Crippen MR) is 81.3 cm³/mol. The van der Waals surface area contributed by atoms with Gasteiger partial charge in [-0.15, -0.1) is 11.3 Å². The van der Waals surface area contributed by atoms with Crippen molar-refractivity contribution < 1.29 is 9.13 Å². The van der Waals surface area contributed by atoms with Crippen LogP contribution in [0.15, 0.2) is 36.7 Å². The van der Waals surface area contributed by atoms with Gasteiger partial charge in [-0.2, -0.15) is 0 Å². The summed E-state index contributed by atoms with van der Waals surface area (Å²) < 4.78 is 19.6. The van der Waals surface area contributed by atoms with E-state index in [9.17, 15) is 4.39 Å². The van der Waals surface area contributed by atoms with Gasteiger partial charge in [0.15, 0.2) is 0 Å². The Morgan fingerprint density at radius 3 is 2.81 bits per heavy atom. The van der Waals surface area contributed by atoms with E-state index < -0.39 is 0 Å². The zero-order valence-corrected chi connectivity index (χ0v) is 12.4. The average Bonchev–Trinajstić information content (AvgIpc) is 2.91. The molecule has 0 amide bonds. The van der Waals surface area contributed by atoms with E-state index in [2.05, 4.69) is 15.3 Å². The lowest BCUT2D eigenvalue weighted by Gasteiger charge is -2.15. The lowest BCUT2D eigenvalue weighted by molar-refractivity contribution is 0.384. The number of ether oxygens (including phenoxy) is 1. The highest BCUT2D eigenvalue weighted by Crippen LogP contribution is 2.34. The van der Waals surface area contributed by atoms with Crippen molar-refractivity contribution in [1.82, 2.24) is 15.3 Å². The molecule has 0 bridgehead atoms.